The molecule has 26 heavy (non-hydrogen) atoms. The monoisotopic (exact) mass is 359 g/mol. The van der Waals surface area contributed by atoms with Crippen LogP contribution in [0.1, 0.15) is 10.5 Å². The molecule has 9 heteroatoms. The fourth-order valence-electron chi connectivity index (χ4n) is 2.67. The van der Waals surface area contributed by atoms with Gasteiger partial charge in [0.05, 0.1) is 6.54 Å². The molecule has 2 N–H and O–H groups in total. The van der Waals surface area contributed by atoms with E-state index in [0.717, 1.165) is 0 Å². The Morgan fingerprint density at radius 2 is 1.77 bits per heavy atom. The number of aromatic nitrogens is 2. The quantitative estimate of drug-likeness (QED) is 0.818. The van der Waals surface area contributed by atoms with Gasteiger partial charge in [0.2, 0.25) is 5.91 Å². The molecule has 1 aromatic carbocycles. The van der Waals surface area contributed by atoms with Crippen LogP contribution >= 0.6 is 0 Å². The van der Waals surface area contributed by atoms with E-state index in [0.29, 0.717) is 31.9 Å². The molecule has 0 saturated carbocycles. The lowest BCUT2D eigenvalue weighted by Crippen LogP contribution is -2.50. The predicted molar refractivity (Wildman–Crippen MR) is 92.2 cm³/mol. The van der Waals surface area contributed by atoms with Crippen molar-refractivity contribution in [1.29, 1.82) is 0 Å². The maximum absolute atomic E-state index is 12.9. The summed E-state index contributed by atoms with van der Waals surface area (Å²) in [5.74, 6) is -0.809. The molecule has 1 aliphatic heterocycles. The standard InChI is InChI=1S/C17H18FN5O3/c18-12-1-3-13(4-2-12)19-16(25)11-22-7-9-23(10-8-22)17(26)14-5-6-15(24)21-20-14/h1-6H,7-11H2,(H,19,25)(H,21,24). The van der Waals surface area contributed by atoms with E-state index < -0.39 is 0 Å². The lowest BCUT2D eigenvalue weighted by atomic mass is 10.2. The zero-order chi connectivity index (χ0) is 18.5. The summed E-state index contributed by atoms with van der Waals surface area (Å²) < 4.78 is 12.9. The number of halogens is 1. The predicted octanol–water partition coefficient (Wildman–Crippen LogP) is 0.305. The van der Waals surface area contributed by atoms with Gasteiger partial charge in [0.1, 0.15) is 11.5 Å². The third kappa shape index (κ3) is 4.51. The van der Waals surface area contributed by atoms with E-state index >= 15 is 0 Å². The van der Waals surface area contributed by atoms with Gasteiger partial charge in [-0.25, -0.2) is 9.49 Å². The number of aromatic amines is 1. The number of hydrogen-bond acceptors (Lipinski definition) is 5. The van der Waals surface area contributed by atoms with Crippen LogP contribution in [0, 0.1) is 5.82 Å². The van der Waals surface area contributed by atoms with Crippen LogP contribution in [0.3, 0.4) is 0 Å². The average molecular weight is 359 g/mol. The molecule has 0 radical (unpaired) electrons. The lowest BCUT2D eigenvalue weighted by Gasteiger charge is -2.34. The van der Waals surface area contributed by atoms with Gasteiger partial charge in [-0.15, -0.1) is 0 Å². The minimum absolute atomic E-state index is 0.187. The van der Waals surface area contributed by atoms with Crippen molar-refractivity contribution in [3.63, 3.8) is 0 Å². The van der Waals surface area contributed by atoms with Crippen LogP contribution in [0.25, 0.3) is 0 Å². The molecule has 3 rings (SSSR count). The minimum Gasteiger partial charge on any atom is -0.335 e. The van der Waals surface area contributed by atoms with Crippen molar-refractivity contribution in [2.75, 3.05) is 38.0 Å². The Labute approximate surface area is 148 Å². The van der Waals surface area contributed by atoms with E-state index in [2.05, 4.69) is 15.5 Å². The summed E-state index contributed by atoms with van der Waals surface area (Å²) in [6, 6.07) is 8.22. The number of amides is 2. The van der Waals surface area contributed by atoms with E-state index in [4.69, 9.17) is 0 Å². The third-order valence-corrected chi connectivity index (χ3v) is 4.05. The summed E-state index contributed by atoms with van der Waals surface area (Å²) in [7, 11) is 0. The summed E-state index contributed by atoms with van der Waals surface area (Å²) in [6.07, 6.45) is 0. The van der Waals surface area contributed by atoms with Gasteiger partial charge in [0.15, 0.2) is 0 Å². The zero-order valence-corrected chi connectivity index (χ0v) is 13.9. The number of benzene rings is 1. The van der Waals surface area contributed by atoms with Crippen molar-refractivity contribution in [1.82, 2.24) is 20.0 Å². The van der Waals surface area contributed by atoms with Crippen molar-refractivity contribution in [2.24, 2.45) is 0 Å². The molecule has 1 saturated heterocycles. The topological polar surface area (TPSA) is 98.4 Å². The van der Waals surface area contributed by atoms with Crippen LogP contribution in [0.4, 0.5) is 10.1 Å². The second kappa shape index (κ2) is 7.87. The number of carbonyl (C=O) groups excluding carboxylic acids is 2. The zero-order valence-electron chi connectivity index (χ0n) is 13.9. The molecule has 1 aromatic heterocycles. The molecule has 0 bridgehead atoms. The Morgan fingerprint density at radius 3 is 2.38 bits per heavy atom. The largest absolute Gasteiger partial charge is 0.335 e. The summed E-state index contributed by atoms with van der Waals surface area (Å²) in [4.78, 5) is 39.0. The van der Waals surface area contributed by atoms with Crippen LogP contribution in [0.5, 0.6) is 0 Å². The summed E-state index contributed by atoms with van der Waals surface area (Å²) in [5, 5.41) is 8.69. The number of nitrogens with zero attached hydrogens (tertiary/aromatic N) is 3. The number of piperazine rings is 1. The highest BCUT2D eigenvalue weighted by atomic mass is 19.1. The molecule has 2 amide bonds. The number of nitrogens with one attached hydrogen (secondary N) is 2. The third-order valence-electron chi connectivity index (χ3n) is 4.05. The summed E-state index contributed by atoms with van der Waals surface area (Å²) in [6.45, 7) is 2.21. The SMILES string of the molecule is O=C(CN1CCN(C(=O)c2ccc(=O)[nH]n2)CC1)Nc1ccc(F)cc1. The van der Waals surface area contributed by atoms with Gasteiger partial charge in [-0.3, -0.25) is 19.3 Å². The molecule has 8 nitrogen and oxygen atoms in total. The first-order chi connectivity index (χ1) is 12.5. The Hall–Kier alpha value is -3.07. The Kier molecular flexibility index (Phi) is 5.37. The first-order valence-electron chi connectivity index (χ1n) is 8.14. The van der Waals surface area contributed by atoms with Crippen molar-refractivity contribution >= 4 is 17.5 Å². The fraction of sp³-hybridized carbons (Fsp3) is 0.294. The first kappa shape index (κ1) is 17.7. The number of rotatable bonds is 4. The highest BCUT2D eigenvalue weighted by Gasteiger charge is 2.24. The van der Waals surface area contributed by atoms with Gasteiger partial charge in [0.25, 0.3) is 11.5 Å². The Balaban J connectivity index is 1.48. The number of anilines is 1. The molecular weight excluding hydrogens is 341 g/mol. The van der Waals surface area contributed by atoms with Crippen LogP contribution < -0.4 is 10.9 Å². The molecule has 0 aliphatic carbocycles. The van der Waals surface area contributed by atoms with Crippen LogP contribution in [0.2, 0.25) is 0 Å². The van der Waals surface area contributed by atoms with Gasteiger partial charge in [-0.1, -0.05) is 0 Å². The molecule has 0 spiro atoms. The van der Waals surface area contributed by atoms with E-state index in [1.165, 1.54) is 36.4 Å². The minimum atomic E-state index is -0.362. The lowest BCUT2D eigenvalue weighted by molar-refractivity contribution is -0.117. The molecule has 136 valence electrons. The molecule has 2 aromatic rings. The molecule has 2 heterocycles. The van der Waals surface area contributed by atoms with E-state index in [-0.39, 0.29) is 35.4 Å². The summed E-state index contributed by atoms with van der Waals surface area (Å²) >= 11 is 0. The number of carbonyl (C=O) groups is 2. The van der Waals surface area contributed by atoms with Gasteiger partial charge < -0.3 is 10.2 Å². The second-order valence-electron chi connectivity index (χ2n) is 5.93. The molecule has 0 atom stereocenters. The van der Waals surface area contributed by atoms with Gasteiger partial charge >= 0.3 is 0 Å². The maximum Gasteiger partial charge on any atom is 0.274 e. The first-order valence-corrected chi connectivity index (χ1v) is 8.14. The Morgan fingerprint density at radius 1 is 1.08 bits per heavy atom. The van der Waals surface area contributed by atoms with E-state index in [1.54, 1.807) is 4.90 Å². The van der Waals surface area contributed by atoms with E-state index in [1.807, 2.05) is 4.90 Å². The molecule has 1 aliphatic rings. The molecule has 1 fully saturated rings. The second-order valence-corrected chi connectivity index (χ2v) is 5.93. The van der Waals surface area contributed by atoms with Crippen LogP contribution in [0.15, 0.2) is 41.2 Å². The van der Waals surface area contributed by atoms with Crippen molar-refractivity contribution in [3.8, 4) is 0 Å². The molecular formula is C17H18FN5O3. The Bertz CT molecular complexity index is 824. The fourth-order valence-corrected chi connectivity index (χ4v) is 2.67. The van der Waals surface area contributed by atoms with Gasteiger partial charge in [-0.05, 0) is 30.3 Å². The molecule has 0 unspecified atom stereocenters. The van der Waals surface area contributed by atoms with Crippen LogP contribution in [-0.4, -0.2) is 64.5 Å². The van der Waals surface area contributed by atoms with E-state index in [9.17, 15) is 18.8 Å². The van der Waals surface area contributed by atoms with Gasteiger partial charge in [-0.2, -0.15) is 5.10 Å². The summed E-state index contributed by atoms with van der Waals surface area (Å²) in [5.41, 5.74) is 0.361. The highest BCUT2D eigenvalue weighted by molar-refractivity contribution is 5.93. The number of H-pyrrole nitrogens is 1. The normalized spacial score (nSPS) is 14.9. The van der Waals surface area contributed by atoms with Gasteiger partial charge in [0, 0.05) is 37.9 Å². The highest BCUT2D eigenvalue weighted by Crippen LogP contribution is 2.09. The van der Waals surface area contributed by atoms with Crippen molar-refractivity contribution in [3.05, 3.63) is 58.3 Å². The van der Waals surface area contributed by atoms with Crippen molar-refractivity contribution in [2.45, 2.75) is 0 Å². The van der Waals surface area contributed by atoms with Crippen molar-refractivity contribution < 1.29 is 14.0 Å². The van der Waals surface area contributed by atoms with Crippen LogP contribution in [-0.2, 0) is 4.79 Å². The smallest absolute Gasteiger partial charge is 0.274 e. The number of hydrogen-bond donors (Lipinski definition) is 2. The maximum atomic E-state index is 12.9. The average Bonchev–Trinajstić information content (AvgIpc) is 2.64.